The summed E-state index contributed by atoms with van der Waals surface area (Å²) in [5.41, 5.74) is 7.45. The molecule has 2 rings (SSSR count). The molecule has 0 saturated heterocycles. The second kappa shape index (κ2) is 6.00. The molecule has 0 spiro atoms. The molecule has 22 heavy (non-hydrogen) atoms. The molecule has 0 aliphatic rings. The third kappa shape index (κ3) is 3.41. The Morgan fingerprint density at radius 3 is 2.32 bits per heavy atom. The van der Waals surface area contributed by atoms with Crippen molar-refractivity contribution in [3.8, 4) is 11.4 Å². The summed E-state index contributed by atoms with van der Waals surface area (Å²) in [6, 6.07) is 8.06. The number of nitrogens with two attached hydrogens (primary N) is 2. The number of nitrogen functional groups attached to an aromatic ring is 1. The first-order chi connectivity index (χ1) is 10.2. The number of carbonyl (C=O) groups excluding carboxylic acids is 1. The average molecular weight is 319 g/mol. The van der Waals surface area contributed by atoms with E-state index in [9.17, 15) is 4.79 Å². The third-order valence-electron chi connectivity index (χ3n) is 3.36. The van der Waals surface area contributed by atoms with Crippen molar-refractivity contribution in [3.63, 3.8) is 0 Å². The van der Waals surface area contributed by atoms with Crippen molar-refractivity contribution < 1.29 is 4.79 Å². The number of hydrogen-bond acceptors (Lipinski definition) is 5. The largest absolute Gasteiger partial charge is 0.369 e. The lowest BCUT2D eigenvalue weighted by atomic mass is 9.87. The zero-order chi connectivity index (χ0) is 16.5. The maximum absolute atomic E-state index is 11.1. The van der Waals surface area contributed by atoms with Crippen LogP contribution in [-0.2, 0) is 10.2 Å². The number of rotatable bonds is 4. The van der Waals surface area contributed by atoms with Gasteiger partial charge in [0.15, 0.2) is 5.82 Å². The van der Waals surface area contributed by atoms with Gasteiger partial charge in [0, 0.05) is 5.56 Å². The van der Waals surface area contributed by atoms with Crippen LogP contribution in [0, 0.1) is 0 Å². The molecule has 0 bridgehead atoms. The quantitative estimate of drug-likeness (QED) is 0.662. The number of primary amides is 1. The van der Waals surface area contributed by atoms with Crippen molar-refractivity contribution >= 4 is 17.7 Å². The molecule has 0 radical (unpaired) electrons. The van der Waals surface area contributed by atoms with E-state index in [2.05, 4.69) is 43.1 Å². The minimum Gasteiger partial charge on any atom is -0.369 e. The van der Waals surface area contributed by atoms with Crippen LogP contribution in [-0.4, -0.2) is 26.0 Å². The lowest BCUT2D eigenvalue weighted by Gasteiger charge is -2.19. The molecule has 1 aromatic heterocycles. The van der Waals surface area contributed by atoms with Crippen molar-refractivity contribution in [2.24, 2.45) is 5.73 Å². The lowest BCUT2D eigenvalue weighted by molar-refractivity contribution is -0.117. The van der Waals surface area contributed by atoms with Crippen LogP contribution in [0.3, 0.4) is 0 Å². The summed E-state index contributed by atoms with van der Waals surface area (Å²) in [4.78, 5) is 11.1. The van der Waals surface area contributed by atoms with E-state index in [0.717, 1.165) is 5.56 Å². The number of benzene rings is 1. The molecule has 4 N–H and O–H groups in total. The average Bonchev–Trinajstić information content (AvgIpc) is 2.79. The summed E-state index contributed by atoms with van der Waals surface area (Å²) in [7, 11) is 0. The molecule has 0 aliphatic carbocycles. The summed E-state index contributed by atoms with van der Waals surface area (Å²) in [6.07, 6.45) is 0. The fourth-order valence-electron chi connectivity index (χ4n) is 1.89. The van der Waals surface area contributed by atoms with Crippen molar-refractivity contribution in [2.75, 3.05) is 5.84 Å². The molecular weight excluding hydrogens is 298 g/mol. The molecule has 118 valence electrons. The molecule has 0 aliphatic heterocycles. The van der Waals surface area contributed by atoms with Gasteiger partial charge in [-0.3, -0.25) is 4.79 Å². The highest BCUT2D eigenvalue weighted by Gasteiger charge is 2.19. The van der Waals surface area contributed by atoms with Gasteiger partial charge in [-0.25, -0.2) is 4.68 Å². The van der Waals surface area contributed by atoms with E-state index in [4.69, 9.17) is 11.6 Å². The smallest absolute Gasteiger partial charge is 0.230 e. The van der Waals surface area contributed by atoms with E-state index in [1.165, 1.54) is 22.0 Å². The standard InChI is InChI=1S/C15H21N5OS/c1-9(12(16)21)22-14-19-18-13(20(14)17)10-5-7-11(8-6-10)15(2,3)4/h5-9H,17H2,1-4H3,(H2,16,21). The Labute approximate surface area is 134 Å². The molecule has 0 saturated carbocycles. The number of thioether (sulfide) groups is 1. The molecule has 1 amide bonds. The van der Waals surface area contributed by atoms with Gasteiger partial charge in [-0.05, 0) is 17.9 Å². The van der Waals surface area contributed by atoms with E-state index in [1.54, 1.807) is 6.92 Å². The maximum atomic E-state index is 11.1. The Bertz CT molecular complexity index is 672. The summed E-state index contributed by atoms with van der Waals surface area (Å²) in [6.45, 7) is 8.19. The van der Waals surface area contributed by atoms with Crippen LogP contribution in [0.2, 0.25) is 0 Å². The first-order valence-corrected chi connectivity index (χ1v) is 7.85. The molecule has 1 aromatic carbocycles. The Hall–Kier alpha value is -2.02. The molecular formula is C15H21N5OS. The van der Waals surface area contributed by atoms with Gasteiger partial charge >= 0.3 is 0 Å². The van der Waals surface area contributed by atoms with E-state index in [0.29, 0.717) is 11.0 Å². The highest BCUT2D eigenvalue weighted by Crippen LogP contribution is 2.27. The van der Waals surface area contributed by atoms with Gasteiger partial charge in [-0.1, -0.05) is 56.8 Å². The highest BCUT2D eigenvalue weighted by atomic mass is 32.2. The Morgan fingerprint density at radius 2 is 1.82 bits per heavy atom. The number of amides is 1. The van der Waals surface area contributed by atoms with Crippen LogP contribution in [0.15, 0.2) is 29.4 Å². The van der Waals surface area contributed by atoms with Gasteiger partial charge in [-0.2, -0.15) is 0 Å². The Balaban J connectivity index is 2.27. The fourth-order valence-corrected chi connectivity index (χ4v) is 2.61. The molecule has 7 heteroatoms. The SMILES string of the molecule is CC(Sc1nnc(-c2ccc(C(C)(C)C)cc2)n1N)C(N)=O. The van der Waals surface area contributed by atoms with Crippen LogP contribution in [0.5, 0.6) is 0 Å². The topological polar surface area (TPSA) is 99.8 Å². The summed E-state index contributed by atoms with van der Waals surface area (Å²) < 4.78 is 1.39. The van der Waals surface area contributed by atoms with Gasteiger partial charge < -0.3 is 11.6 Å². The van der Waals surface area contributed by atoms with Gasteiger partial charge in [0.05, 0.1) is 5.25 Å². The van der Waals surface area contributed by atoms with Crippen LogP contribution in [0.25, 0.3) is 11.4 Å². The highest BCUT2D eigenvalue weighted by molar-refractivity contribution is 8.00. The minimum atomic E-state index is -0.414. The zero-order valence-electron chi connectivity index (χ0n) is 13.2. The molecule has 6 nitrogen and oxygen atoms in total. The van der Waals surface area contributed by atoms with E-state index in [1.807, 2.05) is 12.1 Å². The summed E-state index contributed by atoms with van der Waals surface area (Å²) >= 11 is 1.19. The van der Waals surface area contributed by atoms with Crippen LogP contribution in [0.4, 0.5) is 0 Å². The van der Waals surface area contributed by atoms with E-state index in [-0.39, 0.29) is 5.41 Å². The van der Waals surface area contributed by atoms with Crippen molar-refractivity contribution in [1.29, 1.82) is 0 Å². The number of carbonyl (C=O) groups is 1. The van der Waals surface area contributed by atoms with E-state index >= 15 is 0 Å². The Kier molecular flexibility index (Phi) is 4.46. The number of aromatic nitrogens is 3. The predicted molar refractivity (Wildman–Crippen MR) is 88.8 cm³/mol. The van der Waals surface area contributed by atoms with Gasteiger partial charge in [-0.15, -0.1) is 10.2 Å². The first-order valence-electron chi connectivity index (χ1n) is 6.97. The van der Waals surface area contributed by atoms with Gasteiger partial charge in [0.25, 0.3) is 0 Å². The summed E-state index contributed by atoms with van der Waals surface area (Å²) in [5, 5.41) is 8.18. The third-order valence-corrected chi connectivity index (χ3v) is 4.43. The Morgan fingerprint density at radius 1 is 1.23 bits per heavy atom. The van der Waals surface area contributed by atoms with Crippen LogP contribution >= 0.6 is 11.8 Å². The molecule has 1 atom stereocenters. The molecule has 1 unspecified atom stereocenters. The minimum absolute atomic E-state index is 0.0901. The fraction of sp³-hybridized carbons (Fsp3) is 0.400. The monoisotopic (exact) mass is 319 g/mol. The number of nitrogens with zero attached hydrogens (tertiary/aromatic N) is 3. The second-order valence-corrected chi connectivity index (χ2v) is 7.47. The van der Waals surface area contributed by atoms with Crippen LogP contribution in [0.1, 0.15) is 33.3 Å². The van der Waals surface area contributed by atoms with Crippen molar-refractivity contribution in [1.82, 2.24) is 14.9 Å². The normalized spacial score (nSPS) is 13.1. The lowest BCUT2D eigenvalue weighted by Crippen LogP contribution is -2.23. The number of hydrogen-bond donors (Lipinski definition) is 2. The predicted octanol–water partition coefficient (Wildman–Crippen LogP) is 1.92. The van der Waals surface area contributed by atoms with Gasteiger partial charge in [0.2, 0.25) is 11.1 Å². The van der Waals surface area contributed by atoms with E-state index < -0.39 is 11.2 Å². The molecule has 0 fully saturated rings. The maximum Gasteiger partial charge on any atom is 0.230 e. The van der Waals surface area contributed by atoms with Crippen molar-refractivity contribution in [2.45, 2.75) is 43.5 Å². The first kappa shape index (κ1) is 16.4. The second-order valence-electron chi connectivity index (χ2n) is 6.17. The van der Waals surface area contributed by atoms with Gasteiger partial charge in [0.1, 0.15) is 0 Å². The molecule has 1 heterocycles. The molecule has 2 aromatic rings. The van der Waals surface area contributed by atoms with Crippen molar-refractivity contribution in [3.05, 3.63) is 29.8 Å². The summed E-state index contributed by atoms with van der Waals surface area (Å²) in [5.74, 6) is 6.17. The zero-order valence-corrected chi connectivity index (χ0v) is 14.0. The van der Waals surface area contributed by atoms with Crippen LogP contribution < -0.4 is 11.6 Å².